The molecule has 8 heteroatoms. The van der Waals surface area contributed by atoms with Crippen molar-refractivity contribution < 1.29 is 17.9 Å². The highest BCUT2D eigenvalue weighted by Gasteiger charge is 2.36. The van der Waals surface area contributed by atoms with Crippen molar-refractivity contribution in [1.82, 2.24) is 4.72 Å². The van der Waals surface area contributed by atoms with Crippen LogP contribution in [-0.2, 0) is 14.8 Å². The lowest BCUT2D eigenvalue weighted by atomic mass is 9.90. The third kappa shape index (κ3) is 5.42. The van der Waals surface area contributed by atoms with Gasteiger partial charge in [-0.3, -0.25) is 4.79 Å². The molecule has 0 saturated heterocycles. The van der Waals surface area contributed by atoms with Gasteiger partial charge in [-0.25, -0.2) is 13.1 Å². The van der Waals surface area contributed by atoms with E-state index in [1.54, 1.807) is 26.0 Å². The minimum absolute atomic E-state index is 0.113. The number of carbonyl (C=O) groups excluding carboxylic acids is 1. The summed E-state index contributed by atoms with van der Waals surface area (Å²) >= 11 is 1.45. The van der Waals surface area contributed by atoms with Gasteiger partial charge in [0.05, 0.1) is 16.6 Å². The molecule has 1 amide bonds. The highest BCUT2D eigenvalue weighted by atomic mass is 32.2. The van der Waals surface area contributed by atoms with E-state index in [-0.39, 0.29) is 16.7 Å². The number of hydrogen-bond donors (Lipinski definition) is 2. The van der Waals surface area contributed by atoms with Gasteiger partial charge in [0.25, 0.3) is 0 Å². The van der Waals surface area contributed by atoms with Crippen LogP contribution in [0.5, 0.6) is 5.75 Å². The predicted octanol–water partition coefficient (Wildman–Crippen LogP) is 4.89. The fourth-order valence-electron chi connectivity index (χ4n) is 3.55. The van der Waals surface area contributed by atoms with Gasteiger partial charge in [0.15, 0.2) is 0 Å². The van der Waals surface area contributed by atoms with Crippen LogP contribution in [0.25, 0.3) is 0 Å². The average molecular weight is 463 g/mol. The molecular formula is C23H30N2O4S2. The van der Waals surface area contributed by atoms with Crippen molar-refractivity contribution in [3.8, 4) is 5.75 Å². The zero-order valence-electron chi connectivity index (χ0n) is 18.8. The largest absolute Gasteiger partial charge is 0.487 e. The minimum Gasteiger partial charge on any atom is -0.487 e. The van der Waals surface area contributed by atoms with Crippen LogP contribution in [0.2, 0.25) is 0 Å². The van der Waals surface area contributed by atoms with Gasteiger partial charge in [-0.2, -0.15) is 0 Å². The molecule has 1 atom stereocenters. The molecule has 1 aliphatic rings. The first kappa shape index (κ1) is 23.6. The van der Waals surface area contributed by atoms with E-state index in [4.69, 9.17) is 4.74 Å². The van der Waals surface area contributed by atoms with E-state index in [9.17, 15) is 13.2 Å². The fourth-order valence-corrected chi connectivity index (χ4v) is 5.32. The molecule has 1 aliphatic heterocycles. The van der Waals surface area contributed by atoms with E-state index < -0.39 is 21.7 Å². The molecule has 0 fully saturated rings. The number of amides is 1. The second-order valence-corrected chi connectivity index (χ2v) is 11.3. The highest BCUT2D eigenvalue weighted by Crippen LogP contribution is 2.40. The van der Waals surface area contributed by atoms with E-state index in [1.807, 2.05) is 45.2 Å². The zero-order valence-corrected chi connectivity index (χ0v) is 20.4. The molecule has 1 unspecified atom stereocenters. The molecule has 0 spiro atoms. The molecule has 6 nitrogen and oxygen atoms in total. The first-order valence-corrected chi connectivity index (χ1v) is 12.9. The molecule has 2 aromatic carbocycles. The number of aryl methyl sites for hydroxylation is 1. The summed E-state index contributed by atoms with van der Waals surface area (Å²) in [6.45, 7) is 9.47. The number of sulfonamides is 1. The summed E-state index contributed by atoms with van der Waals surface area (Å²) < 4.78 is 35.5. The van der Waals surface area contributed by atoms with Gasteiger partial charge < -0.3 is 10.1 Å². The van der Waals surface area contributed by atoms with E-state index in [0.717, 1.165) is 16.0 Å². The van der Waals surface area contributed by atoms with Crippen molar-refractivity contribution in [3.05, 3.63) is 47.5 Å². The van der Waals surface area contributed by atoms with Crippen LogP contribution in [0.3, 0.4) is 0 Å². The van der Waals surface area contributed by atoms with Crippen molar-refractivity contribution in [1.29, 1.82) is 0 Å². The van der Waals surface area contributed by atoms with Crippen molar-refractivity contribution in [2.45, 2.75) is 62.5 Å². The maximum Gasteiger partial charge on any atom is 0.241 e. The molecule has 0 aliphatic carbocycles. The van der Waals surface area contributed by atoms with E-state index in [2.05, 4.69) is 10.0 Å². The van der Waals surface area contributed by atoms with Gasteiger partial charge in [0.2, 0.25) is 15.9 Å². The number of ether oxygens (including phenoxy) is 1. The molecule has 0 bridgehead atoms. The van der Waals surface area contributed by atoms with Crippen molar-refractivity contribution >= 4 is 33.4 Å². The maximum absolute atomic E-state index is 13.3. The minimum atomic E-state index is -3.83. The Morgan fingerprint density at radius 3 is 2.55 bits per heavy atom. The lowest BCUT2D eigenvalue weighted by Crippen LogP contribution is -2.41. The summed E-state index contributed by atoms with van der Waals surface area (Å²) in [5, 5.41) is 2.84. The van der Waals surface area contributed by atoms with Gasteiger partial charge in [-0.05, 0) is 56.9 Å². The lowest BCUT2D eigenvalue weighted by Gasteiger charge is -2.38. The van der Waals surface area contributed by atoms with Gasteiger partial charge in [-0.1, -0.05) is 26.0 Å². The van der Waals surface area contributed by atoms with Gasteiger partial charge >= 0.3 is 0 Å². The van der Waals surface area contributed by atoms with Crippen LogP contribution < -0.4 is 14.8 Å². The van der Waals surface area contributed by atoms with Crippen LogP contribution in [0.1, 0.15) is 51.3 Å². The average Bonchev–Trinajstić information content (AvgIpc) is 2.66. The van der Waals surface area contributed by atoms with Crippen LogP contribution >= 0.6 is 11.8 Å². The predicted molar refractivity (Wildman–Crippen MR) is 125 cm³/mol. The molecule has 168 valence electrons. The lowest BCUT2D eigenvalue weighted by molar-refractivity contribution is -0.118. The first-order valence-electron chi connectivity index (χ1n) is 10.2. The molecule has 3 rings (SSSR count). The van der Waals surface area contributed by atoms with E-state index in [1.165, 1.54) is 17.8 Å². The second kappa shape index (κ2) is 8.84. The normalized spacial score (nSPS) is 17.7. The Hall–Kier alpha value is -2.03. The summed E-state index contributed by atoms with van der Waals surface area (Å²) in [7, 11) is -3.83. The smallest absolute Gasteiger partial charge is 0.241 e. The molecule has 0 aromatic heterocycles. The van der Waals surface area contributed by atoms with Gasteiger partial charge in [0.1, 0.15) is 11.4 Å². The summed E-state index contributed by atoms with van der Waals surface area (Å²) in [6, 6.07) is 10.2. The standard InChI is InChI=1S/C23H30N2O4S2/c1-14(2)22(26)24-18-12-16(8-10-21(18)30-6)31(27,28)25-19-13-23(4,5)29-20-11-15(3)7-9-17(19)20/h7-12,14,19,25H,13H2,1-6H3,(H,24,26). The molecule has 2 aromatic rings. The van der Waals surface area contributed by atoms with E-state index >= 15 is 0 Å². The van der Waals surface area contributed by atoms with Gasteiger partial charge in [-0.15, -0.1) is 11.8 Å². The highest BCUT2D eigenvalue weighted by molar-refractivity contribution is 7.98. The topological polar surface area (TPSA) is 84.5 Å². The summed E-state index contributed by atoms with van der Waals surface area (Å²) in [4.78, 5) is 13.1. The van der Waals surface area contributed by atoms with E-state index in [0.29, 0.717) is 17.9 Å². The van der Waals surface area contributed by atoms with Crippen LogP contribution in [0, 0.1) is 12.8 Å². The monoisotopic (exact) mass is 462 g/mol. The van der Waals surface area contributed by atoms with Gasteiger partial charge in [0, 0.05) is 22.8 Å². The number of rotatable bonds is 6. The maximum atomic E-state index is 13.3. The number of thioether (sulfide) groups is 1. The quantitative estimate of drug-likeness (QED) is 0.597. The third-order valence-electron chi connectivity index (χ3n) is 5.19. The Labute approximate surface area is 189 Å². The Morgan fingerprint density at radius 1 is 1.19 bits per heavy atom. The SMILES string of the molecule is CSc1ccc(S(=O)(=O)NC2CC(C)(C)Oc3cc(C)ccc32)cc1NC(=O)C(C)C. The first-order chi connectivity index (χ1) is 14.4. The Balaban J connectivity index is 1.95. The van der Waals surface area contributed by atoms with Crippen molar-refractivity contribution in [2.24, 2.45) is 5.92 Å². The molecule has 0 saturated carbocycles. The van der Waals surface area contributed by atoms with Crippen LogP contribution in [0.4, 0.5) is 5.69 Å². The number of nitrogens with one attached hydrogen (secondary N) is 2. The summed E-state index contributed by atoms with van der Waals surface area (Å²) in [5.41, 5.74) is 1.86. The number of anilines is 1. The summed E-state index contributed by atoms with van der Waals surface area (Å²) in [6.07, 6.45) is 2.39. The third-order valence-corrected chi connectivity index (χ3v) is 7.45. The molecular weight excluding hydrogens is 432 g/mol. The Morgan fingerprint density at radius 2 is 1.90 bits per heavy atom. The van der Waals surface area contributed by atoms with Crippen molar-refractivity contribution in [2.75, 3.05) is 11.6 Å². The molecule has 1 heterocycles. The zero-order chi connectivity index (χ0) is 23.0. The summed E-state index contributed by atoms with van der Waals surface area (Å²) in [5.74, 6) is 0.331. The number of benzene rings is 2. The van der Waals surface area contributed by atoms with Crippen LogP contribution in [-0.4, -0.2) is 26.2 Å². The Kier molecular flexibility index (Phi) is 6.74. The fraction of sp³-hybridized carbons (Fsp3) is 0.435. The Bertz CT molecular complexity index is 1090. The van der Waals surface area contributed by atoms with Crippen LogP contribution in [0.15, 0.2) is 46.2 Å². The number of carbonyl (C=O) groups is 1. The number of hydrogen-bond acceptors (Lipinski definition) is 5. The van der Waals surface area contributed by atoms with Crippen molar-refractivity contribution in [3.63, 3.8) is 0 Å². The molecule has 31 heavy (non-hydrogen) atoms. The molecule has 2 N–H and O–H groups in total. The second-order valence-electron chi connectivity index (χ2n) is 8.79. The molecule has 0 radical (unpaired) electrons. The number of fused-ring (bicyclic) bond motifs is 1.